The molecule has 36 heavy (non-hydrogen) atoms. The Labute approximate surface area is 224 Å². The number of benzene rings is 2. The van der Waals surface area contributed by atoms with Gasteiger partial charge in [-0.15, -0.1) is 0 Å². The van der Waals surface area contributed by atoms with Gasteiger partial charge in [-0.1, -0.05) is 120 Å². The summed E-state index contributed by atoms with van der Waals surface area (Å²) in [6, 6.07) is 14.3. The second-order valence-electron chi connectivity index (χ2n) is 12.6. The van der Waals surface area contributed by atoms with Gasteiger partial charge in [-0.05, 0) is 75.6 Å². The van der Waals surface area contributed by atoms with Gasteiger partial charge in [0, 0.05) is 11.0 Å². The van der Waals surface area contributed by atoms with Gasteiger partial charge < -0.3 is 0 Å². The van der Waals surface area contributed by atoms with Crippen molar-refractivity contribution in [1.82, 2.24) is 0 Å². The summed E-state index contributed by atoms with van der Waals surface area (Å²) in [4.78, 5) is 0. The van der Waals surface area contributed by atoms with E-state index >= 15 is 0 Å². The van der Waals surface area contributed by atoms with E-state index in [1.807, 2.05) is 0 Å². The minimum absolute atomic E-state index is 0.0344. The summed E-state index contributed by atoms with van der Waals surface area (Å²) >= 11 is 0. The number of hydrogen-bond donors (Lipinski definition) is 0. The first-order chi connectivity index (χ1) is 16.8. The van der Waals surface area contributed by atoms with Crippen LogP contribution in [0.4, 0.5) is 0 Å². The molecule has 2 aliphatic carbocycles. The molecule has 0 amide bonds. The zero-order valence-corrected chi connectivity index (χ0v) is 26.1. The average molecular weight is 509 g/mol. The van der Waals surface area contributed by atoms with Crippen molar-refractivity contribution in [1.29, 1.82) is 0 Å². The van der Waals surface area contributed by atoms with Crippen molar-refractivity contribution >= 4 is 28.0 Å². The number of aryl methyl sites for hydroxylation is 3. The summed E-state index contributed by atoms with van der Waals surface area (Å²) in [5.41, 5.74) is 10.3. The highest BCUT2D eigenvalue weighted by Crippen LogP contribution is 2.63. The second kappa shape index (κ2) is 9.61. The van der Waals surface area contributed by atoms with E-state index in [0.717, 1.165) is 6.42 Å². The molecule has 0 heterocycles. The Morgan fingerprint density at radius 1 is 0.889 bits per heavy atom. The van der Waals surface area contributed by atoms with E-state index in [4.69, 9.17) is 0 Å². The number of allylic oxidation sites excluding steroid dienone is 8. The van der Waals surface area contributed by atoms with Gasteiger partial charge in [0.15, 0.2) is 0 Å². The molecule has 0 aliphatic heterocycles. The van der Waals surface area contributed by atoms with Crippen LogP contribution in [0.5, 0.6) is 0 Å². The quantitative estimate of drug-likeness (QED) is 0.345. The van der Waals surface area contributed by atoms with Gasteiger partial charge in [0.1, 0.15) is 0 Å². The van der Waals surface area contributed by atoms with E-state index in [9.17, 15) is 0 Å². The normalized spacial score (nSPS) is 24.9. The third-order valence-electron chi connectivity index (χ3n) is 8.74. The molecule has 0 saturated carbocycles. The Morgan fingerprint density at radius 2 is 1.56 bits per heavy atom. The lowest BCUT2D eigenvalue weighted by Crippen LogP contribution is -2.44. The van der Waals surface area contributed by atoms with Gasteiger partial charge in [-0.25, -0.2) is 0 Å². The molecule has 2 aromatic carbocycles. The Bertz CT molecular complexity index is 1280. The van der Waals surface area contributed by atoms with E-state index in [2.05, 4.69) is 135 Å². The van der Waals surface area contributed by atoms with Crippen LogP contribution in [-0.2, 0) is 0 Å². The number of hydrogen-bond acceptors (Lipinski definition) is 0. The average Bonchev–Trinajstić information content (AvgIpc) is 2.99. The molecule has 2 aliphatic rings. The Balaban J connectivity index is 2.02. The van der Waals surface area contributed by atoms with Crippen LogP contribution in [0, 0.1) is 26.2 Å². The van der Waals surface area contributed by atoms with Crippen LogP contribution in [0.3, 0.4) is 0 Å². The fourth-order valence-corrected chi connectivity index (χ4v) is 10.2. The van der Waals surface area contributed by atoms with Gasteiger partial charge >= 0.3 is 0 Å². The SMILES string of the molecule is CC1=CC([Si]c2cc(C)cc([Si](C)(C)C)c2)(C(c2c(C)cccc2C)C2(C)C=CC=CC2)C(C)=C1C. The molecular formula is C34H44Si2. The molecular weight excluding hydrogens is 465 g/mol. The molecule has 0 aromatic heterocycles. The first-order valence-electron chi connectivity index (χ1n) is 13.5. The molecule has 2 heteroatoms. The molecule has 188 valence electrons. The Kier molecular flexibility index (Phi) is 7.18. The van der Waals surface area contributed by atoms with Crippen molar-refractivity contribution in [3.63, 3.8) is 0 Å². The van der Waals surface area contributed by atoms with E-state index in [1.165, 1.54) is 33.0 Å². The highest BCUT2D eigenvalue weighted by molar-refractivity contribution is 6.89. The summed E-state index contributed by atoms with van der Waals surface area (Å²) in [6.07, 6.45) is 13.1. The molecule has 3 unspecified atom stereocenters. The minimum atomic E-state index is -1.42. The monoisotopic (exact) mass is 508 g/mol. The molecule has 3 atom stereocenters. The standard InChI is InChI=1S/C34H44Si2/c1-23-19-29(21-30(20-23)36(8,9)10)35-34(22-26(4)27(5)28(34)6)32(33(7)17-12-11-13-18-33)31-24(2)15-14-16-25(31)3/h11-17,19-22,32H,18H2,1-10H3. The summed E-state index contributed by atoms with van der Waals surface area (Å²) in [7, 11) is -0.733. The summed E-state index contributed by atoms with van der Waals surface area (Å²) in [6.45, 7) is 24.0. The Morgan fingerprint density at radius 3 is 2.08 bits per heavy atom. The highest BCUT2D eigenvalue weighted by atomic mass is 28.3. The molecule has 2 aromatic rings. The zero-order chi connectivity index (χ0) is 26.5. The van der Waals surface area contributed by atoms with Crippen molar-refractivity contribution < 1.29 is 0 Å². The molecule has 0 spiro atoms. The zero-order valence-electron chi connectivity index (χ0n) is 24.1. The van der Waals surface area contributed by atoms with Gasteiger partial charge in [0.05, 0.1) is 17.6 Å². The van der Waals surface area contributed by atoms with Crippen LogP contribution < -0.4 is 10.4 Å². The van der Waals surface area contributed by atoms with Crippen molar-refractivity contribution in [2.45, 2.75) is 85.5 Å². The first kappa shape index (κ1) is 26.9. The van der Waals surface area contributed by atoms with Crippen LogP contribution in [0.2, 0.25) is 24.7 Å². The Hall–Kier alpha value is -2.17. The summed E-state index contributed by atoms with van der Waals surface area (Å²) in [5.74, 6) is 0.356. The maximum atomic E-state index is 2.67. The van der Waals surface area contributed by atoms with Gasteiger partial charge in [0.25, 0.3) is 0 Å². The second-order valence-corrected chi connectivity index (χ2v) is 19.4. The third kappa shape index (κ3) is 4.75. The molecule has 0 nitrogen and oxygen atoms in total. The molecule has 2 radical (unpaired) electrons. The van der Waals surface area contributed by atoms with Crippen LogP contribution in [0.25, 0.3) is 0 Å². The van der Waals surface area contributed by atoms with E-state index in [0.29, 0.717) is 15.4 Å². The maximum Gasteiger partial charge on any atom is 0.0988 e. The van der Waals surface area contributed by atoms with Gasteiger partial charge in [0.2, 0.25) is 0 Å². The summed E-state index contributed by atoms with van der Waals surface area (Å²) < 4.78 is 0. The maximum absolute atomic E-state index is 2.67. The predicted molar refractivity (Wildman–Crippen MR) is 164 cm³/mol. The molecule has 0 fully saturated rings. The van der Waals surface area contributed by atoms with Crippen LogP contribution in [-0.4, -0.2) is 17.6 Å². The summed E-state index contributed by atoms with van der Waals surface area (Å²) in [5, 5.41) is 3.05. The largest absolute Gasteiger partial charge is 0.0988 e. The highest BCUT2D eigenvalue weighted by Gasteiger charge is 2.51. The van der Waals surface area contributed by atoms with Crippen molar-refractivity contribution in [2.24, 2.45) is 5.41 Å². The van der Waals surface area contributed by atoms with Gasteiger partial charge in [-0.2, -0.15) is 0 Å². The fourth-order valence-electron chi connectivity index (χ4n) is 6.51. The van der Waals surface area contributed by atoms with Crippen LogP contribution >= 0.6 is 0 Å². The lowest BCUT2D eigenvalue weighted by atomic mass is 9.61. The lowest BCUT2D eigenvalue weighted by molar-refractivity contribution is 0.302. The smallest absolute Gasteiger partial charge is 0.0837 e. The fraction of sp³-hybridized carbons (Fsp3) is 0.412. The molecule has 0 N–H and O–H groups in total. The first-order valence-corrected chi connectivity index (χ1v) is 18.0. The van der Waals surface area contributed by atoms with Crippen molar-refractivity contribution in [2.75, 3.05) is 0 Å². The van der Waals surface area contributed by atoms with E-state index in [-0.39, 0.29) is 10.5 Å². The number of rotatable bonds is 6. The lowest BCUT2D eigenvalue weighted by Gasteiger charge is -2.49. The van der Waals surface area contributed by atoms with Crippen molar-refractivity contribution in [3.8, 4) is 0 Å². The van der Waals surface area contributed by atoms with E-state index < -0.39 is 8.07 Å². The molecule has 0 saturated heterocycles. The molecule has 4 rings (SSSR count). The predicted octanol–water partition coefficient (Wildman–Crippen LogP) is 8.25. The van der Waals surface area contributed by atoms with Crippen LogP contribution in [0.1, 0.15) is 62.3 Å². The third-order valence-corrected chi connectivity index (χ3v) is 12.6. The van der Waals surface area contributed by atoms with Gasteiger partial charge in [-0.3, -0.25) is 0 Å². The minimum Gasteiger partial charge on any atom is -0.0837 e. The van der Waals surface area contributed by atoms with Crippen LogP contribution in [0.15, 0.2) is 83.5 Å². The molecule has 0 bridgehead atoms. The topological polar surface area (TPSA) is 0 Å². The van der Waals surface area contributed by atoms with E-state index in [1.54, 1.807) is 16.3 Å². The van der Waals surface area contributed by atoms with Crippen molar-refractivity contribution in [3.05, 3.63) is 106 Å².